The van der Waals surface area contributed by atoms with Crippen LogP contribution in [0.15, 0.2) is 200 Å². The molecule has 13 rings (SSSR count). The highest BCUT2D eigenvalue weighted by Gasteiger charge is 2.39. The number of hydrogen-bond acceptors (Lipinski definition) is 3. The molecule has 0 aliphatic carbocycles. The Morgan fingerprint density at radius 2 is 0.424 bits per heavy atom. The highest BCUT2D eigenvalue weighted by Crippen LogP contribution is 2.56. The van der Waals surface area contributed by atoms with Crippen molar-refractivity contribution in [2.75, 3.05) is 14.7 Å². The second kappa shape index (κ2) is 13.7. The predicted octanol–water partition coefficient (Wildman–Crippen LogP) is 17.5. The van der Waals surface area contributed by atoms with E-state index in [2.05, 4.69) is 256 Å². The fourth-order valence-corrected chi connectivity index (χ4v) is 12.2. The summed E-state index contributed by atoms with van der Waals surface area (Å²) >= 11 is 0. The Hall–Kier alpha value is -7.62. The quantitative estimate of drug-likeness (QED) is 0.164. The maximum absolute atomic E-state index is 2.49. The van der Waals surface area contributed by atoms with Crippen molar-refractivity contribution in [3.63, 3.8) is 0 Å². The minimum Gasteiger partial charge on any atom is -0.310 e. The van der Waals surface area contributed by atoms with Crippen molar-refractivity contribution in [3.8, 4) is 0 Å². The van der Waals surface area contributed by atoms with Crippen LogP contribution in [0.4, 0.5) is 51.2 Å². The number of hydrogen-bond donors (Lipinski definition) is 0. The van der Waals surface area contributed by atoms with Crippen molar-refractivity contribution in [2.45, 2.75) is 57.8 Å². The highest BCUT2D eigenvalue weighted by molar-refractivity contribution is 6.27. The number of fused-ring (bicyclic) bond motifs is 12. The van der Waals surface area contributed by atoms with Crippen LogP contribution in [0.25, 0.3) is 32.3 Å². The third kappa shape index (κ3) is 5.26. The molecule has 0 N–H and O–H groups in total. The van der Waals surface area contributed by atoms with E-state index < -0.39 is 0 Å². The van der Waals surface area contributed by atoms with Crippen molar-refractivity contribution in [2.24, 2.45) is 0 Å². The van der Waals surface area contributed by atoms with E-state index in [4.69, 9.17) is 0 Å². The molecule has 10 aromatic carbocycles. The molecule has 3 nitrogen and oxygen atoms in total. The van der Waals surface area contributed by atoms with Crippen LogP contribution < -0.4 is 14.7 Å². The standard InChI is InChI=1S/C63H51N3/c1-61(2)49-19-7-13-25-55(49)64(56-26-14-8-20-50(56)61)40-31-34-43-46(37-40)44-35-32-41(65-57-27-15-9-21-51(57)62(3,4)52-22-10-16-28-58(52)65)39-48(44)45-36-33-42(38-47(43)45)66-59-29-17-11-23-53(59)63(5,6)54-24-12-18-30-60(54)66/h7-39H,1-6H3. The molecule has 0 spiro atoms. The molecule has 0 bridgehead atoms. The Morgan fingerprint density at radius 1 is 0.227 bits per heavy atom. The molecule has 0 saturated heterocycles. The van der Waals surface area contributed by atoms with Gasteiger partial charge >= 0.3 is 0 Å². The van der Waals surface area contributed by atoms with E-state index in [1.807, 2.05) is 0 Å². The summed E-state index contributed by atoms with van der Waals surface area (Å²) in [6.45, 7) is 14.2. The minimum absolute atomic E-state index is 0.141. The van der Waals surface area contributed by atoms with Gasteiger partial charge in [-0.2, -0.15) is 0 Å². The first-order valence-electron chi connectivity index (χ1n) is 23.4. The number of benzene rings is 10. The Balaban J connectivity index is 1.09. The van der Waals surface area contributed by atoms with Gasteiger partial charge in [-0.15, -0.1) is 0 Å². The first-order valence-corrected chi connectivity index (χ1v) is 23.4. The Bertz CT molecular complexity index is 3110. The van der Waals surface area contributed by atoms with Gasteiger partial charge in [-0.1, -0.05) is 169 Å². The Labute approximate surface area is 387 Å². The molecule has 0 amide bonds. The van der Waals surface area contributed by atoms with E-state index in [0.29, 0.717) is 0 Å². The zero-order valence-corrected chi connectivity index (χ0v) is 38.4. The molecule has 0 radical (unpaired) electrons. The Morgan fingerprint density at radius 3 is 0.636 bits per heavy atom. The van der Waals surface area contributed by atoms with Gasteiger partial charge in [0, 0.05) is 33.3 Å². The number of anilines is 9. The molecule has 0 saturated carbocycles. The Kier molecular flexibility index (Phi) is 8.06. The lowest BCUT2D eigenvalue weighted by atomic mass is 9.73. The topological polar surface area (TPSA) is 9.72 Å². The van der Waals surface area contributed by atoms with Crippen LogP contribution in [0.3, 0.4) is 0 Å². The molecule has 0 aromatic heterocycles. The molecule has 3 aliphatic rings. The molecule has 0 atom stereocenters. The lowest BCUT2D eigenvalue weighted by Crippen LogP contribution is -2.30. The zero-order chi connectivity index (χ0) is 44.7. The third-order valence-corrected chi connectivity index (χ3v) is 15.6. The van der Waals surface area contributed by atoms with E-state index in [1.54, 1.807) is 0 Å². The van der Waals surface area contributed by atoms with Crippen LogP contribution >= 0.6 is 0 Å². The van der Waals surface area contributed by atoms with Crippen molar-refractivity contribution in [1.82, 2.24) is 0 Å². The fraction of sp³-hybridized carbons (Fsp3) is 0.143. The number of nitrogens with zero attached hydrogens (tertiary/aromatic N) is 3. The van der Waals surface area contributed by atoms with Gasteiger partial charge in [-0.3, -0.25) is 0 Å². The monoisotopic (exact) mass is 849 g/mol. The van der Waals surface area contributed by atoms with Crippen molar-refractivity contribution in [1.29, 1.82) is 0 Å². The molecular formula is C63H51N3. The van der Waals surface area contributed by atoms with Gasteiger partial charge in [0.2, 0.25) is 0 Å². The van der Waals surface area contributed by atoms with E-state index >= 15 is 0 Å². The van der Waals surface area contributed by atoms with Gasteiger partial charge in [-0.05, 0) is 138 Å². The summed E-state index contributed by atoms with van der Waals surface area (Å²) in [5.41, 5.74) is 18.4. The van der Waals surface area contributed by atoms with Gasteiger partial charge in [-0.25, -0.2) is 0 Å². The van der Waals surface area contributed by atoms with Crippen LogP contribution in [0.2, 0.25) is 0 Å². The first kappa shape index (κ1) is 38.8. The summed E-state index contributed by atoms with van der Waals surface area (Å²) in [5.74, 6) is 0. The van der Waals surface area contributed by atoms with Crippen molar-refractivity contribution in [3.05, 3.63) is 234 Å². The van der Waals surface area contributed by atoms with Crippen molar-refractivity contribution < 1.29 is 0 Å². The predicted molar refractivity (Wildman–Crippen MR) is 279 cm³/mol. The highest BCUT2D eigenvalue weighted by atomic mass is 15.2. The zero-order valence-electron chi connectivity index (χ0n) is 38.4. The van der Waals surface area contributed by atoms with E-state index in [0.717, 1.165) is 17.1 Å². The third-order valence-electron chi connectivity index (χ3n) is 15.6. The maximum Gasteiger partial charge on any atom is 0.0502 e. The summed E-state index contributed by atoms with van der Waals surface area (Å²) in [7, 11) is 0. The second-order valence-corrected chi connectivity index (χ2v) is 20.2. The van der Waals surface area contributed by atoms with E-state index in [-0.39, 0.29) is 16.2 Å². The maximum atomic E-state index is 2.49. The molecule has 0 fully saturated rings. The van der Waals surface area contributed by atoms with Crippen LogP contribution in [-0.4, -0.2) is 0 Å². The van der Waals surface area contributed by atoms with Crippen LogP contribution in [0.5, 0.6) is 0 Å². The molecule has 3 heteroatoms. The lowest BCUT2D eigenvalue weighted by Gasteiger charge is -2.42. The second-order valence-electron chi connectivity index (χ2n) is 20.2. The molecule has 318 valence electrons. The summed E-state index contributed by atoms with van der Waals surface area (Å²) in [4.78, 5) is 7.47. The first-order chi connectivity index (χ1) is 32.0. The SMILES string of the molecule is CC1(C)c2ccccc2N(c2ccc3c(c2)c2ccc(N4c5ccccc5C(C)(C)c5ccccc54)cc2c2ccc(N4c5ccccc5C(C)(C)c5ccccc54)cc32)c2ccccc21. The van der Waals surface area contributed by atoms with Crippen LogP contribution in [0.1, 0.15) is 74.9 Å². The van der Waals surface area contributed by atoms with Crippen LogP contribution in [-0.2, 0) is 16.2 Å². The normalized spacial score (nSPS) is 16.0. The summed E-state index contributed by atoms with van der Waals surface area (Å²) in [5, 5.41) is 7.43. The van der Waals surface area contributed by atoms with E-state index in [9.17, 15) is 0 Å². The largest absolute Gasteiger partial charge is 0.310 e. The summed E-state index contributed by atoms with van der Waals surface area (Å²) in [6, 6.07) is 75.3. The molecule has 3 aliphatic heterocycles. The molecule has 10 aromatic rings. The van der Waals surface area contributed by atoms with E-state index in [1.165, 1.54) is 99.8 Å². The number of rotatable bonds is 3. The van der Waals surface area contributed by atoms with Crippen molar-refractivity contribution >= 4 is 83.5 Å². The molecule has 0 unspecified atom stereocenters. The molecular weight excluding hydrogens is 799 g/mol. The number of para-hydroxylation sites is 6. The molecule has 66 heavy (non-hydrogen) atoms. The molecule has 3 heterocycles. The summed E-state index contributed by atoms with van der Waals surface area (Å²) < 4.78 is 0. The summed E-state index contributed by atoms with van der Waals surface area (Å²) in [6.07, 6.45) is 0. The smallest absolute Gasteiger partial charge is 0.0502 e. The van der Waals surface area contributed by atoms with Gasteiger partial charge in [0.25, 0.3) is 0 Å². The lowest BCUT2D eigenvalue weighted by molar-refractivity contribution is 0.632. The average molecular weight is 850 g/mol. The van der Waals surface area contributed by atoms with Crippen LogP contribution in [0, 0.1) is 0 Å². The van der Waals surface area contributed by atoms with Gasteiger partial charge in [0.15, 0.2) is 0 Å². The van der Waals surface area contributed by atoms with Gasteiger partial charge in [0.05, 0.1) is 34.1 Å². The average Bonchev–Trinajstić information content (AvgIpc) is 3.34. The van der Waals surface area contributed by atoms with Gasteiger partial charge in [0.1, 0.15) is 0 Å². The fourth-order valence-electron chi connectivity index (χ4n) is 12.2. The minimum atomic E-state index is -0.141. The van der Waals surface area contributed by atoms with Gasteiger partial charge < -0.3 is 14.7 Å².